The molecule has 0 saturated carbocycles. The lowest BCUT2D eigenvalue weighted by Gasteiger charge is -2.22. The van der Waals surface area contributed by atoms with Crippen LogP contribution >= 0.6 is 0 Å². The second kappa shape index (κ2) is 5.35. The smallest absolute Gasteiger partial charge is 0.296 e. The Bertz CT molecular complexity index is 452. The fraction of sp³-hybridized carbons (Fsp3) is 0.308. The summed E-state index contributed by atoms with van der Waals surface area (Å²) in [7, 11) is 3.26. The van der Waals surface area contributed by atoms with Crippen molar-refractivity contribution in [2.75, 3.05) is 14.1 Å². The number of hydrogen-bond donors (Lipinski definition) is 0. The molecule has 0 amide bonds. The van der Waals surface area contributed by atoms with Crippen LogP contribution in [0.15, 0.2) is 36.9 Å². The van der Waals surface area contributed by atoms with Crippen molar-refractivity contribution >= 4 is 5.78 Å². The van der Waals surface area contributed by atoms with Crippen LogP contribution in [-0.4, -0.2) is 24.8 Å². The maximum absolute atomic E-state index is 12.6. The van der Waals surface area contributed by atoms with Crippen LogP contribution in [0.4, 0.5) is 13.2 Å². The molecular weight excluding hydrogens is 243 g/mol. The van der Waals surface area contributed by atoms with E-state index in [0.717, 1.165) is 18.2 Å². The summed E-state index contributed by atoms with van der Waals surface area (Å²) < 4.78 is 37.8. The van der Waals surface area contributed by atoms with Crippen molar-refractivity contribution in [3.63, 3.8) is 0 Å². The lowest BCUT2D eigenvalue weighted by atomic mass is 9.99. The topological polar surface area (TPSA) is 20.3 Å². The van der Waals surface area contributed by atoms with Crippen molar-refractivity contribution < 1.29 is 18.0 Å². The van der Waals surface area contributed by atoms with Crippen LogP contribution in [0.3, 0.4) is 0 Å². The Morgan fingerprint density at radius 3 is 2.44 bits per heavy atom. The molecule has 0 aliphatic heterocycles. The summed E-state index contributed by atoms with van der Waals surface area (Å²) >= 11 is 0. The molecule has 0 bridgehead atoms. The fourth-order valence-electron chi connectivity index (χ4n) is 1.71. The number of nitrogens with zero attached hydrogens (tertiary/aromatic N) is 1. The first kappa shape index (κ1) is 14.4. The second-order valence-electron chi connectivity index (χ2n) is 4.10. The molecule has 0 aromatic heterocycles. The third-order valence-corrected chi connectivity index (χ3v) is 2.52. The fourth-order valence-corrected chi connectivity index (χ4v) is 1.71. The van der Waals surface area contributed by atoms with Gasteiger partial charge in [-0.1, -0.05) is 18.7 Å². The molecule has 0 heterocycles. The Morgan fingerprint density at radius 2 is 2.00 bits per heavy atom. The molecule has 0 saturated heterocycles. The molecule has 1 rings (SSSR count). The van der Waals surface area contributed by atoms with Gasteiger partial charge in [0.05, 0.1) is 11.6 Å². The zero-order chi connectivity index (χ0) is 13.9. The van der Waals surface area contributed by atoms with E-state index >= 15 is 0 Å². The Morgan fingerprint density at radius 1 is 1.39 bits per heavy atom. The van der Waals surface area contributed by atoms with E-state index in [-0.39, 0.29) is 5.78 Å². The first-order valence-corrected chi connectivity index (χ1v) is 5.27. The molecular formula is C13H14F3NO. The lowest BCUT2D eigenvalue weighted by Crippen LogP contribution is -2.26. The Labute approximate surface area is 104 Å². The molecule has 98 valence electrons. The standard InChI is InChI=1S/C13H14F3NO/c1-4-11(18)12(17(2)3)9-6-5-7-10(8-9)13(14,15)16/h4-8,12H,1H2,2-3H3. The van der Waals surface area contributed by atoms with Gasteiger partial charge in [0, 0.05) is 0 Å². The van der Waals surface area contributed by atoms with Gasteiger partial charge in [-0.05, 0) is 37.9 Å². The lowest BCUT2D eigenvalue weighted by molar-refractivity contribution is -0.137. The molecule has 0 aliphatic carbocycles. The molecule has 2 nitrogen and oxygen atoms in total. The molecule has 1 aromatic carbocycles. The maximum atomic E-state index is 12.6. The minimum atomic E-state index is -4.41. The number of alkyl halides is 3. The normalized spacial score (nSPS) is 13.4. The van der Waals surface area contributed by atoms with Gasteiger partial charge in [0.2, 0.25) is 0 Å². The van der Waals surface area contributed by atoms with Crippen LogP contribution < -0.4 is 0 Å². The summed E-state index contributed by atoms with van der Waals surface area (Å²) in [5, 5.41) is 0. The summed E-state index contributed by atoms with van der Waals surface area (Å²) in [5.74, 6) is -0.334. The number of likely N-dealkylation sites (N-methyl/N-ethyl adjacent to an activating group) is 1. The van der Waals surface area contributed by atoms with Gasteiger partial charge in [0.15, 0.2) is 5.78 Å². The summed E-state index contributed by atoms with van der Waals surface area (Å²) in [5.41, 5.74) is -0.455. The quantitative estimate of drug-likeness (QED) is 0.773. The number of ketones is 1. The van der Waals surface area contributed by atoms with Crippen LogP contribution in [0, 0.1) is 0 Å². The van der Waals surface area contributed by atoms with Crippen molar-refractivity contribution in [2.24, 2.45) is 0 Å². The number of carbonyl (C=O) groups excluding carboxylic acids is 1. The molecule has 0 aliphatic rings. The predicted octanol–water partition coefficient (Wildman–Crippen LogP) is 3.06. The van der Waals surface area contributed by atoms with E-state index in [1.165, 1.54) is 12.1 Å². The average molecular weight is 257 g/mol. The van der Waals surface area contributed by atoms with Gasteiger partial charge >= 0.3 is 6.18 Å². The molecule has 1 unspecified atom stereocenters. The average Bonchev–Trinajstić information content (AvgIpc) is 2.27. The molecule has 0 spiro atoms. The molecule has 18 heavy (non-hydrogen) atoms. The highest BCUT2D eigenvalue weighted by Gasteiger charge is 2.31. The number of carbonyl (C=O) groups is 1. The largest absolute Gasteiger partial charge is 0.416 e. The predicted molar refractivity (Wildman–Crippen MR) is 63.1 cm³/mol. The van der Waals surface area contributed by atoms with E-state index in [1.807, 2.05) is 0 Å². The SMILES string of the molecule is C=CC(=O)C(c1cccc(C(F)(F)F)c1)N(C)C. The minimum absolute atomic E-state index is 0.305. The molecule has 1 aromatic rings. The summed E-state index contributed by atoms with van der Waals surface area (Å²) in [4.78, 5) is 13.2. The first-order chi connectivity index (χ1) is 8.27. The Balaban J connectivity index is 3.22. The van der Waals surface area contributed by atoms with E-state index < -0.39 is 17.8 Å². The summed E-state index contributed by atoms with van der Waals surface area (Å²) in [6.45, 7) is 3.36. The third-order valence-electron chi connectivity index (χ3n) is 2.52. The first-order valence-electron chi connectivity index (χ1n) is 5.27. The minimum Gasteiger partial charge on any atom is -0.296 e. The highest BCUT2D eigenvalue weighted by Crippen LogP contribution is 2.31. The molecule has 5 heteroatoms. The van der Waals surface area contributed by atoms with Crippen molar-refractivity contribution in [3.8, 4) is 0 Å². The third kappa shape index (κ3) is 3.20. The second-order valence-corrected chi connectivity index (χ2v) is 4.10. The van der Waals surface area contributed by atoms with Gasteiger partial charge in [-0.3, -0.25) is 9.69 Å². The van der Waals surface area contributed by atoms with E-state index in [2.05, 4.69) is 6.58 Å². The highest BCUT2D eigenvalue weighted by atomic mass is 19.4. The van der Waals surface area contributed by atoms with Crippen molar-refractivity contribution in [2.45, 2.75) is 12.2 Å². The summed E-state index contributed by atoms with van der Waals surface area (Å²) in [6, 6.07) is 4.03. The number of hydrogen-bond acceptors (Lipinski definition) is 2. The van der Waals surface area contributed by atoms with Crippen LogP contribution in [-0.2, 0) is 11.0 Å². The molecule has 0 fully saturated rings. The molecule has 0 radical (unpaired) electrons. The highest BCUT2D eigenvalue weighted by molar-refractivity contribution is 5.94. The Hall–Kier alpha value is -1.62. The van der Waals surface area contributed by atoms with E-state index in [4.69, 9.17) is 0 Å². The monoisotopic (exact) mass is 257 g/mol. The number of benzene rings is 1. The van der Waals surface area contributed by atoms with Crippen LogP contribution in [0.2, 0.25) is 0 Å². The van der Waals surface area contributed by atoms with Gasteiger partial charge in [0.1, 0.15) is 0 Å². The maximum Gasteiger partial charge on any atom is 0.416 e. The van der Waals surface area contributed by atoms with E-state index in [0.29, 0.717) is 5.56 Å². The number of rotatable bonds is 4. The summed E-state index contributed by atoms with van der Waals surface area (Å²) in [6.07, 6.45) is -3.30. The van der Waals surface area contributed by atoms with Crippen LogP contribution in [0.5, 0.6) is 0 Å². The van der Waals surface area contributed by atoms with Crippen LogP contribution in [0.1, 0.15) is 17.2 Å². The van der Waals surface area contributed by atoms with Gasteiger partial charge in [0.25, 0.3) is 0 Å². The molecule has 0 N–H and O–H groups in total. The zero-order valence-electron chi connectivity index (χ0n) is 10.2. The van der Waals surface area contributed by atoms with Gasteiger partial charge in [-0.25, -0.2) is 0 Å². The zero-order valence-corrected chi connectivity index (χ0v) is 10.2. The van der Waals surface area contributed by atoms with Crippen molar-refractivity contribution in [3.05, 3.63) is 48.0 Å². The van der Waals surface area contributed by atoms with E-state index in [1.54, 1.807) is 19.0 Å². The van der Waals surface area contributed by atoms with Crippen molar-refractivity contribution in [1.29, 1.82) is 0 Å². The van der Waals surface area contributed by atoms with Gasteiger partial charge in [-0.15, -0.1) is 0 Å². The molecule has 1 atom stereocenters. The van der Waals surface area contributed by atoms with Gasteiger partial charge < -0.3 is 0 Å². The van der Waals surface area contributed by atoms with Gasteiger partial charge in [-0.2, -0.15) is 13.2 Å². The van der Waals surface area contributed by atoms with Crippen molar-refractivity contribution in [1.82, 2.24) is 4.90 Å². The van der Waals surface area contributed by atoms with Crippen LogP contribution in [0.25, 0.3) is 0 Å². The number of halogens is 3. The van der Waals surface area contributed by atoms with E-state index in [9.17, 15) is 18.0 Å². The Kier molecular flexibility index (Phi) is 4.29.